The van der Waals surface area contributed by atoms with E-state index in [0.29, 0.717) is 32.9 Å². The first-order valence-electron chi connectivity index (χ1n) is 7.82. The van der Waals surface area contributed by atoms with Gasteiger partial charge in [-0.1, -0.05) is 23.7 Å². The van der Waals surface area contributed by atoms with E-state index in [2.05, 4.69) is 10.3 Å². The summed E-state index contributed by atoms with van der Waals surface area (Å²) in [6, 6.07) is 14.1. The number of carbonyl (C=O) groups is 1. The molecule has 0 fully saturated rings. The number of hydrogen-bond donors (Lipinski definition) is 1. The van der Waals surface area contributed by atoms with E-state index in [1.54, 1.807) is 43.5 Å². The molecule has 2 aromatic carbocycles. The molecule has 8 heteroatoms. The Labute approximate surface area is 164 Å². The number of anilines is 1. The summed E-state index contributed by atoms with van der Waals surface area (Å²) in [5.74, 6) is 0.582. The maximum absolute atomic E-state index is 12.1. The van der Waals surface area contributed by atoms with Crippen molar-refractivity contribution in [1.82, 2.24) is 4.98 Å². The second-order valence-corrected chi connectivity index (χ2v) is 6.60. The molecule has 3 rings (SSSR count). The van der Waals surface area contributed by atoms with Crippen LogP contribution in [0.25, 0.3) is 11.3 Å². The SMILES string of the molecule is COc1ccc(-c2csc(NC(=O)COc3ccccc3C#N)n2)cc1Cl. The molecule has 0 radical (unpaired) electrons. The number of halogens is 1. The predicted octanol–water partition coefficient (Wildman–Crippen LogP) is 4.36. The number of carbonyl (C=O) groups excluding carboxylic acids is 1. The molecule has 1 N–H and O–H groups in total. The largest absolute Gasteiger partial charge is 0.495 e. The van der Waals surface area contributed by atoms with Gasteiger partial charge in [0.1, 0.15) is 17.6 Å². The number of amides is 1. The zero-order chi connectivity index (χ0) is 19.2. The average Bonchev–Trinajstić information content (AvgIpc) is 3.15. The number of methoxy groups -OCH3 is 1. The van der Waals surface area contributed by atoms with Crippen LogP contribution in [0.1, 0.15) is 5.56 Å². The van der Waals surface area contributed by atoms with E-state index in [0.717, 1.165) is 5.56 Å². The fraction of sp³-hybridized carbons (Fsp3) is 0.105. The third kappa shape index (κ3) is 4.56. The molecule has 3 aromatic rings. The maximum atomic E-state index is 12.1. The Morgan fingerprint density at radius 2 is 2.11 bits per heavy atom. The smallest absolute Gasteiger partial charge is 0.264 e. The highest BCUT2D eigenvalue weighted by Gasteiger charge is 2.11. The van der Waals surface area contributed by atoms with Gasteiger partial charge in [0.2, 0.25) is 0 Å². The average molecular weight is 400 g/mol. The molecule has 1 aromatic heterocycles. The molecule has 0 saturated heterocycles. The van der Waals surface area contributed by atoms with Crippen LogP contribution in [-0.4, -0.2) is 24.6 Å². The van der Waals surface area contributed by atoms with Gasteiger partial charge in [0.15, 0.2) is 11.7 Å². The number of thiazole rings is 1. The Morgan fingerprint density at radius 1 is 1.30 bits per heavy atom. The number of hydrogen-bond acceptors (Lipinski definition) is 6. The number of para-hydroxylation sites is 1. The number of nitrogens with zero attached hydrogens (tertiary/aromatic N) is 2. The Balaban J connectivity index is 1.63. The lowest BCUT2D eigenvalue weighted by Crippen LogP contribution is -2.20. The van der Waals surface area contributed by atoms with E-state index in [-0.39, 0.29) is 12.5 Å². The lowest BCUT2D eigenvalue weighted by Gasteiger charge is -2.07. The van der Waals surface area contributed by atoms with Gasteiger partial charge in [-0.15, -0.1) is 11.3 Å². The van der Waals surface area contributed by atoms with Crippen LogP contribution < -0.4 is 14.8 Å². The van der Waals surface area contributed by atoms with E-state index < -0.39 is 0 Å². The first-order chi connectivity index (χ1) is 13.1. The third-order valence-corrected chi connectivity index (χ3v) is 4.62. The van der Waals surface area contributed by atoms with Crippen molar-refractivity contribution < 1.29 is 14.3 Å². The second kappa shape index (κ2) is 8.54. The lowest BCUT2D eigenvalue weighted by molar-refractivity contribution is -0.118. The molecule has 1 heterocycles. The van der Waals surface area contributed by atoms with Crippen LogP contribution in [0.4, 0.5) is 5.13 Å². The van der Waals surface area contributed by atoms with E-state index >= 15 is 0 Å². The van der Waals surface area contributed by atoms with Gasteiger partial charge in [0.25, 0.3) is 5.91 Å². The van der Waals surface area contributed by atoms with Crippen LogP contribution in [0.2, 0.25) is 5.02 Å². The monoisotopic (exact) mass is 399 g/mol. The summed E-state index contributed by atoms with van der Waals surface area (Å²) in [4.78, 5) is 16.5. The van der Waals surface area contributed by atoms with Gasteiger partial charge in [-0.05, 0) is 30.3 Å². The van der Waals surface area contributed by atoms with Crippen LogP contribution in [0.5, 0.6) is 11.5 Å². The van der Waals surface area contributed by atoms with Crippen LogP contribution in [0.3, 0.4) is 0 Å². The molecule has 0 saturated carbocycles. The van der Waals surface area contributed by atoms with Crippen molar-refractivity contribution in [3.05, 3.63) is 58.4 Å². The number of nitriles is 1. The van der Waals surface area contributed by atoms with Crippen LogP contribution in [-0.2, 0) is 4.79 Å². The summed E-state index contributed by atoms with van der Waals surface area (Å²) < 4.78 is 10.5. The molecule has 0 aliphatic heterocycles. The molecular formula is C19H14ClN3O3S. The van der Waals surface area contributed by atoms with Gasteiger partial charge in [0, 0.05) is 10.9 Å². The normalized spacial score (nSPS) is 10.1. The van der Waals surface area contributed by atoms with Gasteiger partial charge < -0.3 is 9.47 Å². The molecule has 0 bridgehead atoms. The predicted molar refractivity (Wildman–Crippen MR) is 104 cm³/mol. The Hall–Kier alpha value is -3.08. The molecule has 0 aliphatic carbocycles. The highest BCUT2D eigenvalue weighted by atomic mass is 35.5. The number of nitrogens with one attached hydrogen (secondary N) is 1. The summed E-state index contributed by atoms with van der Waals surface area (Å²) >= 11 is 7.43. The molecule has 0 spiro atoms. The molecule has 0 atom stereocenters. The number of rotatable bonds is 6. The third-order valence-electron chi connectivity index (χ3n) is 3.56. The minimum absolute atomic E-state index is 0.220. The molecule has 0 unspecified atom stereocenters. The Kier molecular flexibility index (Phi) is 5.91. The van der Waals surface area contributed by atoms with Gasteiger partial charge in [0.05, 0.1) is 23.4 Å². The van der Waals surface area contributed by atoms with Gasteiger partial charge in [-0.25, -0.2) is 4.98 Å². The molecule has 136 valence electrons. The molecular weight excluding hydrogens is 386 g/mol. The molecule has 1 amide bonds. The quantitative estimate of drug-likeness (QED) is 0.665. The lowest BCUT2D eigenvalue weighted by atomic mass is 10.2. The van der Waals surface area contributed by atoms with E-state index in [4.69, 9.17) is 26.3 Å². The van der Waals surface area contributed by atoms with E-state index in [1.165, 1.54) is 11.3 Å². The Morgan fingerprint density at radius 3 is 2.85 bits per heavy atom. The highest BCUT2D eigenvalue weighted by Crippen LogP contribution is 2.31. The van der Waals surface area contributed by atoms with Gasteiger partial charge >= 0.3 is 0 Å². The van der Waals surface area contributed by atoms with Crippen LogP contribution in [0, 0.1) is 11.3 Å². The zero-order valence-electron chi connectivity index (χ0n) is 14.2. The van der Waals surface area contributed by atoms with Crippen molar-refractivity contribution in [3.8, 4) is 28.8 Å². The summed E-state index contributed by atoms with van der Waals surface area (Å²) in [5.41, 5.74) is 1.88. The van der Waals surface area contributed by atoms with Crippen molar-refractivity contribution in [2.24, 2.45) is 0 Å². The maximum Gasteiger partial charge on any atom is 0.264 e. The van der Waals surface area contributed by atoms with Crippen molar-refractivity contribution in [2.75, 3.05) is 19.0 Å². The standard InChI is InChI=1S/C19H14ClN3O3S/c1-25-17-7-6-12(8-14(17)20)15-11-27-19(22-15)23-18(24)10-26-16-5-3-2-4-13(16)9-21/h2-8,11H,10H2,1H3,(H,22,23,24). The minimum atomic E-state index is -0.364. The number of aromatic nitrogens is 1. The van der Waals surface area contributed by atoms with Gasteiger partial charge in [-0.3, -0.25) is 10.1 Å². The first-order valence-corrected chi connectivity index (χ1v) is 9.07. The zero-order valence-corrected chi connectivity index (χ0v) is 15.8. The van der Waals surface area contributed by atoms with Gasteiger partial charge in [-0.2, -0.15) is 5.26 Å². The van der Waals surface area contributed by atoms with Crippen molar-refractivity contribution in [2.45, 2.75) is 0 Å². The summed E-state index contributed by atoms with van der Waals surface area (Å²) in [5, 5.41) is 14.5. The van der Waals surface area contributed by atoms with E-state index in [1.807, 2.05) is 17.5 Å². The topological polar surface area (TPSA) is 84.2 Å². The summed E-state index contributed by atoms with van der Waals surface area (Å²) in [7, 11) is 1.55. The van der Waals surface area contributed by atoms with Crippen molar-refractivity contribution in [1.29, 1.82) is 5.26 Å². The molecule has 6 nitrogen and oxygen atoms in total. The first kappa shape index (κ1) is 18.7. The van der Waals surface area contributed by atoms with Crippen molar-refractivity contribution in [3.63, 3.8) is 0 Å². The molecule has 27 heavy (non-hydrogen) atoms. The second-order valence-electron chi connectivity index (χ2n) is 5.33. The number of benzene rings is 2. The van der Waals surface area contributed by atoms with E-state index in [9.17, 15) is 4.79 Å². The fourth-order valence-electron chi connectivity index (χ4n) is 2.27. The van der Waals surface area contributed by atoms with Crippen LogP contribution in [0.15, 0.2) is 47.8 Å². The fourth-order valence-corrected chi connectivity index (χ4v) is 3.27. The number of ether oxygens (including phenoxy) is 2. The summed E-state index contributed by atoms with van der Waals surface area (Å²) in [6.45, 7) is -0.220. The Bertz CT molecular complexity index is 1010. The highest BCUT2D eigenvalue weighted by molar-refractivity contribution is 7.14. The van der Waals surface area contributed by atoms with Crippen molar-refractivity contribution >= 4 is 34.0 Å². The minimum Gasteiger partial charge on any atom is -0.495 e. The van der Waals surface area contributed by atoms with Crippen LogP contribution >= 0.6 is 22.9 Å². The molecule has 0 aliphatic rings. The summed E-state index contributed by atoms with van der Waals surface area (Å²) in [6.07, 6.45) is 0.